The van der Waals surface area contributed by atoms with Crippen LogP contribution in [0.3, 0.4) is 0 Å². The maximum Gasteiger partial charge on any atom is 0.362 e. The number of nitrogens with zero attached hydrogens (tertiary/aromatic N) is 1. The first kappa shape index (κ1) is 58.0. The van der Waals surface area contributed by atoms with Gasteiger partial charge in [0.05, 0.1) is 34.4 Å². The van der Waals surface area contributed by atoms with Crippen LogP contribution >= 0.6 is 0 Å². The van der Waals surface area contributed by atoms with E-state index < -0.39 is 18.1 Å². The number of rotatable bonds is 41. The van der Waals surface area contributed by atoms with Crippen molar-refractivity contribution in [1.29, 1.82) is 0 Å². The molecule has 0 aliphatic heterocycles. The minimum atomic E-state index is -0.888. The van der Waals surface area contributed by atoms with Gasteiger partial charge in [0, 0.05) is 19.3 Å². The van der Waals surface area contributed by atoms with E-state index in [1.165, 1.54) is 12.8 Å². The molecular formula is C54H88NO7+. The van der Waals surface area contributed by atoms with Gasteiger partial charge < -0.3 is 23.8 Å². The van der Waals surface area contributed by atoms with Crippen LogP contribution in [0.5, 0.6) is 0 Å². The molecule has 0 heterocycles. The number of unbranched alkanes of at least 4 members (excludes halogenated alkanes) is 9. The van der Waals surface area contributed by atoms with Crippen LogP contribution in [0.1, 0.15) is 162 Å². The van der Waals surface area contributed by atoms with Crippen LogP contribution in [0.15, 0.2) is 109 Å². The second-order valence-corrected chi connectivity index (χ2v) is 16.6. The highest BCUT2D eigenvalue weighted by Crippen LogP contribution is 2.13. The van der Waals surface area contributed by atoms with E-state index >= 15 is 0 Å². The molecule has 62 heavy (non-hydrogen) atoms. The quantitative estimate of drug-likeness (QED) is 0.0283. The third-order valence-corrected chi connectivity index (χ3v) is 9.92. The zero-order chi connectivity index (χ0) is 45.6. The average molecular weight is 863 g/mol. The molecule has 8 nitrogen and oxygen atoms in total. The molecule has 0 aromatic heterocycles. The van der Waals surface area contributed by atoms with Crippen molar-refractivity contribution in [2.75, 3.05) is 41.0 Å². The zero-order valence-corrected chi connectivity index (χ0v) is 39.8. The Kier molecular flexibility index (Phi) is 40.8. The summed E-state index contributed by atoms with van der Waals surface area (Å²) in [5, 5.41) is 9.64. The summed E-state index contributed by atoms with van der Waals surface area (Å²) in [6.07, 6.45) is 59.9. The molecule has 0 aliphatic rings. The SMILES string of the molecule is CC/C=C/C/C=C/C/C=C/C/C=C/C/C=C/CCCCCC(=O)OC(COCCC(C(=O)O)[N+](C)(C)C)COC(=O)CCCCCCCC/C=C/C/C=C/C/C=C/C/C=C/CC. The first-order valence-electron chi connectivity index (χ1n) is 23.9. The number of quaternary nitrogens is 1. The normalized spacial score (nSPS) is 13.9. The average Bonchev–Trinajstić information content (AvgIpc) is 3.23. The molecule has 0 amide bonds. The van der Waals surface area contributed by atoms with Gasteiger partial charge in [-0.25, -0.2) is 4.79 Å². The molecule has 0 rings (SSSR count). The largest absolute Gasteiger partial charge is 0.477 e. The summed E-state index contributed by atoms with van der Waals surface area (Å²) in [5.41, 5.74) is 0. The van der Waals surface area contributed by atoms with E-state index in [0.717, 1.165) is 109 Å². The van der Waals surface area contributed by atoms with Gasteiger partial charge in [-0.05, 0) is 96.3 Å². The maximum absolute atomic E-state index is 12.8. The second-order valence-electron chi connectivity index (χ2n) is 16.6. The van der Waals surface area contributed by atoms with E-state index in [1.807, 2.05) is 21.1 Å². The molecule has 0 saturated heterocycles. The van der Waals surface area contributed by atoms with Gasteiger partial charge in [-0.1, -0.05) is 155 Å². The monoisotopic (exact) mass is 863 g/mol. The van der Waals surface area contributed by atoms with Crippen molar-refractivity contribution in [1.82, 2.24) is 0 Å². The molecule has 2 atom stereocenters. The smallest absolute Gasteiger partial charge is 0.362 e. The first-order valence-corrected chi connectivity index (χ1v) is 23.9. The van der Waals surface area contributed by atoms with E-state index in [4.69, 9.17) is 14.2 Å². The first-order chi connectivity index (χ1) is 30.1. The Morgan fingerprint density at radius 2 is 0.855 bits per heavy atom. The van der Waals surface area contributed by atoms with Crippen molar-refractivity contribution >= 4 is 17.9 Å². The number of carbonyl (C=O) groups is 3. The predicted octanol–water partition coefficient (Wildman–Crippen LogP) is 13.6. The van der Waals surface area contributed by atoms with Gasteiger partial charge in [0.25, 0.3) is 0 Å². The van der Waals surface area contributed by atoms with Crippen molar-refractivity contribution in [3.05, 3.63) is 109 Å². The van der Waals surface area contributed by atoms with Crippen LogP contribution in [-0.2, 0) is 28.6 Å². The topological polar surface area (TPSA) is 99.1 Å². The summed E-state index contributed by atoms with van der Waals surface area (Å²) in [6.45, 7) is 4.44. The molecule has 8 heteroatoms. The Morgan fingerprint density at radius 3 is 1.27 bits per heavy atom. The van der Waals surface area contributed by atoms with E-state index in [0.29, 0.717) is 19.3 Å². The van der Waals surface area contributed by atoms with Crippen molar-refractivity contribution in [2.24, 2.45) is 0 Å². The number of allylic oxidation sites excluding steroid dienone is 18. The van der Waals surface area contributed by atoms with Crippen molar-refractivity contribution in [3.8, 4) is 0 Å². The number of aliphatic carboxylic acids is 1. The molecule has 0 aromatic rings. The Bertz CT molecular complexity index is 1370. The van der Waals surface area contributed by atoms with Crippen LogP contribution in [0, 0.1) is 0 Å². The van der Waals surface area contributed by atoms with Gasteiger partial charge in [0.15, 0.2) is 12.1 Å². The molecule has 0 aliphatic carbocycles. The summed E-state index contributed by atoms with van der Waals surface area (Å²) in [6, 6.07) is -0.631. The summed E-state index contributed by atoms with van der Waals surface area (Å²) < 4.78 is 17.3. The fraction of sp³-hybridized carbons (Fsp3) is 0.611. The predicted molar refractivity (Wildman–Crippen MR) is 261 cm³/mol. The molecule has 1 N–H and O–H groups in total. The number of hydrogen-bond acceptors (Lipinski definition) is 6. The summed E-state index contributed by atoms with van der Waals surface area (Å²) >= 11 is 0. The van der Waals surface area contributed by atoms with Gasteiger partial charge in [0.2, 0.25) is 0 Å². The lowest BCUT2D eigenvalue weighted by molar-refractivity contribution is -0.887. The van der Waals surface area contributed by atoms with Crippen LogP contribution < -0.4 is 0 Å². The van der Waals surface area contributed by atoms with Crippen molar-refractivity contribution < 1.29 is 38.2 Å². The number of ether oxygens (including phenoxy) is 3. The summed E-state index contributed by atoms with van der Waals surface area (Å²) in [7, 11) is 5.50. The molecule has 0 bridgehead atoms. The summed E-state index contributed by atoms with van der Waals surface area (Å²) in [4.78, 5) is 37.1. The second kappa shape index (κ2) is 43.6. The Balaban J connectivity index is 4.41. The fourth-order valence-electron chi connectivity index (χ4n) is 6.28. The highest BCUT2D eigenvalue weighted by atomic mass is 16.6. The van der Waals surface area contributed by atoms with Gasteiger partial charge in [-0.15, -0.1) is 0 Å². The van der Waals surface area contributed by atoms with Gasteiger partial charge in [-0.2, -0.15) is 0 Å². The molecule has 0 aromatic carbocycles. The van der Waals surface area contributed by atoms with E-state index in [-0.39, 0.29) is 42.7 Å². The highest BCUT2D eigenvalue weighted by Gasteiger charge is 2.31. The minimum Gasteiger partial charge on any atom is -0.477 e. The molecule has 0 spiro atoms. The van der Waals surface area contributed by atoms with Crippen LogP contribution in [0.2, 0.25) is 0 Å². The van der Waals surface area contributed by atoms with Crippen molar-refractivity contribution in [2.45, 2.75) is 174 Å². The number of likely N-dealkylation sites (N-methyl/N-ethyl adjacent to an activating group) is 1. The Labute approximate surface area is 378 Å². The summed E-state index contributed by atoms with van der Waals surface area (Å²) in [5.74, 6) is -1.54. The Hall–Kier alpha value is -4.01. The molecule has 2 unspecified atom stereocenters. The number of esters is 2. The minimum absolute atomic E-state index is 0.0352. The molecule has 0 fully saturated rings. The van der Waals surface area contributed by atoms with Gasteiger partial charge in [0.1, 0.15) is 6.61 Å². The Morgan fingerprint density at radius 1 is 0.484 bits per heavy atom. The molecular weight excluding hydrogens is 775 g/mol. The number of carboxylic acid groups (broad SMARTS) is 1. The molecule has 0 radical (unpaired) electrons. The van der Waals surface area contributed by atoms with E-state index in [1.54, 1.807) is 0 Å². The number of carbonyl (C=O) groups excluding carboxylic acids is 2. The number of carboxylic acids is 1. The van der Waals surface area contributed by atoms with Gasteiger partial charge >= 0.3 is 17.9 Å². The standard InChI is InChI=1S/C54H87NO7/c1-6-8-10-12-14-16-18-20-22-24-26-28-30-32-34-36-38-40-42-44-52(56)61-49-50(48-60-47-46-51(54(58)59)55(3,4)5)62-53(57)45-43-41-39-37-35-33-31-29-27-25-23-21-19-17-15-13-11-9-7-2/h8-11,14-17,20-23,26-29,33,35,50-51H,6-7,12-13,18-19,24-25,30-32,34,36-49H2,1-5H3/p+1/b10-8+,11-9+,16-14+,17-15+,22-20+,23-21+,28-26+,29-27+,35-33+. The molecule has 0 saturated carbocycles. The third-order valence-electron chi connectivity index (χ3n) is 9.92. The van der Waals surface area contributed by atoms with Crippen LogP contribution in [0.25, 0.3) is 0 Å². The fourth-order valence-corrected chi connectivity index (χ4v) is 6.28. The zero-order valence-electron chi connectivity index (χ0n) is 39.8. The lowest BCUT2D eigenvalue weighted by Gasteiger charge is -2.31. The van der Waals surface area contributed by atoms with E-state index in [2.05, 4.69) is 123 Å². The van der Waals surface area contributed by atoms with Crippen molar-refractivity contribution in [3.63, 3.8) is 0 Å². The van der Waals surface area contributed by atoms with Crippen LogP contribution in [-0.4, -0.2) is 80.6 Å². The lowest BCUT2D eigenvalue weighted by atomic mass is 10.1. The van der Waals surface area contributed by atoms with E-state index in [9.17, 15) is 19.5 Å². The van der Waals surface area contributed by atoms with Gasteiger partial charge in [-0.3, -0.25) is 9.59 Å². The third kappa shape index (κ3) is 41.3. The molecule has 350 valence electrons. The lowest BCUT2D eigenvalue weighted by Crippen LogP contribution is -2.50. The highest BCUT2D eigenvalue weighted by molar-refractivity contribution is 5.72. The number of hydrogen-bond donors (Lipinski definition) is 1. The van der Waals surface area contributed by atoms with Crippen LogP contribution in [0.4, 0.5) is 0 Å². The maximum atomic E-state index is 12.8.